The number of para-hydroxylation sites is 1. The summed E-state index contributed by atoms with van der Waals surface area (Å²) in [5.41, 5.74) is -0.275. The van der Waals surface area contributed by atoms with E-state index < -0.39 is 28.6 Å². The Balaban J connectivity index is 1.75. The van der Waals surface area contributed by atoms with E-state index in [-0.39, 0.29) is 23.9 Å². The second-order valence-electron chi connectivity index (χ2n) is 5.38. The van der Waals surface area contributed by atoms with Crippen molar-refractivity contribution in [1.82, 2.24) is 0 Å². The molecule has 0 spiro atoms. The smallest absolute Gasteiger partial charge is 0.346 e. The molecule has 0 aliphatic carbocycles. The van der Waals surface area contributed by atoms with Gasteiger partial charge in [0.1, 0.15) is 5.56 Å². The van der Waals surface area contributed by atoms with E-state index in [0.717, 1.165) is 6.07 Å². The normalized spacial score (nSPS) is 13.0. The van der Waals surface area contributed by atoms with E-state index in [1.54, 1.807) is 30.3 Å². The van der Waals surface area contributed by atoms with E-state index in [2.05, 4.69) is 5.32 Å². The number of carbonyl (C=O) groups excluding carboxylic acids is 2. The predicted octanol–water partition coefficient (Wildman–Crippen LogP) is 2.51. The van der Waals surface area contributed by atoms with Gasteiger partial charge in [-0.3, -0.25) is 14.9 Å². The minimum absolute atomic E-state index is 0.0964. The number of ether oxygens (including phenoxy) is 3. The number of hydrogen-bond acceptors (Lipinski definition) is 7. The molecular formula is C17H14N2O7. The van der Waals surface area contributed by atoms with E-state index in [0.29, 0.717) is 5.69 Å². The Hall–Kier alpha value is -3.62. The zero-order valence-corrected chi connectivity index (χ0v) is 13.6. The Morgan fingerprint density at radius 2 is 1.85 bits per heavy atom. The lowest BCUT2D eigenvalue weighted by Gasteiger charge is -2.13. The molecule has 1 atom stereocenters. The lowest BCUT2D eigenvalue weighted by molar-refractivity contribution is -0.385. The molecule has 9 nitrogen and oxygen atoms in total. The molecular weight excluding hydrogens is 344 g/mol. The number of rotatable bonds is 5. The Morgan fingerprint density at radius 1 is 1.19 bits per heavy atom. The van der Waals surface area contributed by atoms with Gasteiger partial charge >= 0.3 is 5.97 Å². The first-order valence-electron chi connectivity index (χ1n) is 7.60. The second-order valence-corrected chi connectivity index (χ2v) is 5.38. The number of fused-ring (bicyclic) bond motifs is 1. The van der Waals surface area contributed by atoms with Crippen molar-refractivity contribution in [2.45, 2.75) is 13.0 Å². The van der Waals surface area contributed by atoms with Gasteiger partial charge in [0.2, 0.25) is 6.79 Å². The number of benzene rings is 2. The van der Waals surface area contributed by atoms with Gasteiger partial charge in [0, 0.05) is 11.8 Å². The molecule has 0 fully saturated rings. The van der Waals surface area contributed by atoms with E-state index in [9.17, 15) is 19.7 Å². The van der Waals surface area contributed by atoms with E-state index in [1.165, 1.54) is 13.0 Å². The average Bonchev–Trinajstić information content (AvgIpc) is 3.08. The fourth-order valence-electron chi connectivity index (χ4n) is 2.29. The number of nitro groups is 1. The van der Waals surface area contributed by atoms with Crippen molar-refractivity contribution in [2.75, 3.05) is 12.1 Å². The highest BCUT2D eigenvalue weighted by Gasteiger charge is 2.30. The molecule has 0 saturated heterocycles. The van der Waals surface area contributed by atoms with Crippen LogP contribution in [0.15, 0.2) is 42.5 Å². The highest BCUT2D eigenvalue weighted by Crippen LogP contribution is 2.38. The van der Waals surface area contributed by atoms with Crippen molar-refractivity contribution in [2.24, 2.45) is 0 Å². The van der Waals surface area contributed by atoms with Gasteiger partial charge in [0.05, 0.1) is 11.0 Å². The van der Waals surface area contributed by atoms with Crippen molar-refractivity contribution in [3.8, 4) is 11.5 Å². The van der Waals surface area contributed by atoms with Gasteiger partial charge in [-0.2, -0.15) is 0 Å². The van der Waals surface area contributed by atoms with Gasteiger partial charge in [-0.05, 0) is 19.1 Å². The van der Waals surface area contributed by atoms with Crippen LogP contribution in [0.2, 0.25) is 0 Å². The SMILES string of the molecule is CC(OC(=O)c1cc2c(cc1[N+](=O)[O-])OCO2)C(=O)Nc1ccccc1. The van der Waals surface area contributed by atoms with Crippen LogP contribution in [0.4, 0.5) is 11.4 Å². The highest BCUT2D eigenvalue weighted by molar-refractivity contribution is 5.99. The van der Waals surface area contributed by atoms with Crippen LogP contribution in [0, 0.1) is 10.1 Å². The first-order valence-corrected chi connectivity index (χ1v) is 7.60. The van der Waals surface area contributed by atoms with Crippen LogP contribution in [0.5, 0.6) is 11.5 Å². The van der Waals surface area contributed by atoms with Crippen molar-refractivity contribution >= 4 is 23.3 Å². The summed E-state index contributed by atoms with van der Waals surface area (Å²) in [5, 5.41) is 13.8. The van der Waals surface area contributed by atoms with E-state index in [1.807, 2.05) is 0 Å². The van der Waals surface area contributed by atoms with Gasteiger partial charge in [0.25, 0.3) is 11.6 Å². The lowest BCUT2D eigenvalue weighted by Crippen LogP contribution is -2.30. The monoisotopic (exact) mass is 358 g/mol. The van der Waals surface area contributed by atoms with Gasteiger partial charge in [-0.15, -0.1) is 0 Å². The quantitative estimate of drug-likeness (QED) is 0.496. The highest BCUT2D eigenvalue weighted by atomic mass is 16.7. The standard InChI is InChI=1S/C17H14N2O7/c1-10(16(20)18-11-5-3-2-4-6-11)26-17(21)12-7-14-15(25-9-24-14)8-13(12)19(22)23/h2-8,10H,9H2,1H3,(H,18,20). The predicted molar refractivity (Wildman–Crippen MR) is 89.2 cm³/mol. The molecule has 2 aromatic rings. The summed E-state index contributed by atoms with van der Waals surface area (Å²) in [6.45, 7) is 1.27. The van der Waals surface area contributed by atoms with Crippen LogP contribution >= 0.6 is 0 Å². The zero-order chi connectivity index (χ0) is 18.7. The Labute approximate surface area is 147 Å². The molecule has 0 bridgehead atoms. The van der Waals surface area contributed by atoms with Crippen LogP contribution in [0.25, 0.3) is 0 Å². The third kappa shape index (κ3) is 3.56. The molecule has 1 aliphatic rings. The van der Waals surface area contributed by atoms with Gasteiger partial charge in [0.15, 0.2) is 17.6 Å². The summed E-state index contributed by atoms with van der Waals surface area (Å²) >= 11 is 0. The number of esters is 1. The zero-order valence-electron chi connectivity index (χ0n) is 13.6. The molecule has 1 amide bonds. The summed E-state index contributed by atoms with van der Waals surface area (Å²) < 4.78 is 15.3. The third-order valence-electron chi connectivity index (χ3n) is 3.60. The molecule has 134 valence electrons. The topological polar surface area (TPSA) is 117 Å². The number of hydrogen-bond donors (Lipinski definition) is 1. The van der Waals surface area contributed by atoms with Gasteiger partial charge in [-0.1, -0.05) is 18.2 Å². The summed E-state index contributed by atoms with van der Waals surface area (Å²) in [5.74, 6) is -1.20. The molecule has 26 heavy (non-hydrogen) atoms. The largest absolute Gasteiger partial charge is 0.454 e. The lowest BCUT2D eigenvalue weighted by atomic mass is 10.1. The summed E-state index contributed by atoms with van der Waals surface area (Å²) in [6.07, 6.45) is -1.16. The molecule has 3 rings (SSSR count). The van der Waals surface area contributed by atoms with E-state index in [4.69, 9.17) is 14.2 Å². The Kier molecular flexibility index (Phi) is 4.70. The first kappa shape index (κ1) is 17.2. The summed E-state index contributed by atoms with van der Waals surface area (Å²) in [7, 11) is 0. The van der Waals surface area contributed by atoms with Gasteiger partial charge in [-0.25, -0.2) is 4.79 Å². The fraction of sp³-hybridized carbons (Fsp3) is 0.176. The van der Waals surface area contributed by atoms with Crippen molar-refractivity contribution in [1.29, 1.82) is 0 Å². The maximum atomic E-state index is 12.3. The Morgan fingerprint density at radius 3 is 2.50 bits per heavy atom. The third-order valence-corrected chi connectivity index (χ3v) is 3.60. The number of nitrogens with one attached hydrogen (secondary N) is 1. The van der Waals surface area contributed by atoms with Crippen molar-refractivity contribution < 1.29 is 28.7 Å². The molecule has 1 N–H and O–H groups in total. The average molecular weight is 358 g/mol. The molecule has 1 aliphatic heterocycles. The molecule has 1 heterocycles. The first-order chi connectivity index (χ1) is 12.5. The van der Waals surface area contributed by atoms with Crippen LogP contribution in [-0.2, 0) is 9.53 Å². The molecule has 0 aromatic heterocycles. The maximum absolute atomic E-state index is 12.3. The number of amides is 1. The molecule has 0 radical (unpaired) electrons. The molecule has 9 heteroatoms. The van der Waals surface area contributed by atoms with E-state index >= 15 is 0 Å². The number of anilines is 1. The maximum Gasteiger partial charge on any atom is 0.346 e. The van der Waals surface area contributed by atoms with Gasteiger partial charge < -0.3 is 19.5 Å². The second kappa shape index (κ2) is 7.09. The molecule has 1 unspecified atom stereocenters. The van der Waals surface area contributed by atoms with Crippen LogP contribution in [-0.4, -0.2) is 29.7 Å². The Bertz CT molecular complexity index is 867. The van der Waals surface area contributed by atoms with Crippen LogP contribution < -0.4 is 14.8 Å². The van der Waals surface area contributed by atoms with Crippen LogP contribution in [0.3, 0.4) is 0 Å². The van der Waals surface area contributed by atoms with Crippen LogP contribution in [0.1, 0.15) is 17.3 Å². The molecule has 2 aromatic carbocycles. The number of nitrogens with zero attached hydrogens (tertiary/aromatic N) is 1. The number of carbonyl (C=O) groups is 2. The molecule has 0 saturated carbocycles. The fourth-order valence-corrected chi connectivity index (χ4v) is 2.29. The van der Waals surface area contributed by atoms with Crippen molar-refractivity contribution in [3.63, 3.8) is 0 Å². The number of nitro benzene ring substituents is 1. The minimum atomic E-state index is -1.16. The summed E-state index contributed by atoms with van der Waals surface area (Å²) in [6, 6.07) is 10.9. The van der Waals surface area contributed by atoms with Crippen molar-refractivity contribution in [3.05, 3.63) is 58.1 Å². The summed E-state index contributed by atoms with van der Waals surface area (Å²) in [4.78, 5) is 34.9. The minimum Gasteiger partial charge on any atom is -0.454 e.